The minimum Gasteiger partial charge on any atom is -0.508 e. The number of hydrogen-bond acceptors (Lipinski definition) is 2. The van der Waals surface area contributed by atoms with Crippen molar-refractivity contribution in [3.8, 4) is 11.5 Å². The average molecular weight is 373 g/mol. The molecule has 0 amide bonds. The molecule has 3 aromatic rings. The molecule has 2 N–H and O–H groups in total. The van der Waals surface area contributed by atoms with Crippen molar-refractivity contribution in [3.63, 3.8) is 0 Å². The van der Waals surface area contributed by atoms with E-state index in [-0.39, 0.29) is 11.5 Å². The summed E-state index contributed by atoms with van der Waals surface area (Å²) in [6, 6.07) is 23.7. The summed E-state index contributed by atoms with van der Waals surface area (Å²) in [6.07, 6.45) is 6.54. The largest absolute Gasteiger partial charge is 0.508 e. The predicted octanol–water partition coefficient (Wildman–Crippen LogP) is 6.50. The van der Waals surface area contributed by atoms with Crippen LogP contribution in [0.4, 0.5) is 0 Å². The molecule has 2 heteroatoms. The molecule has 1 aliphatic carbocycles. The van der Waals surface area contributed by atoms with Crippen molar-refractivity contribution in [1.82, 2.24) is 0 Å². The van der Waals surface area contributed by atoms with Crippen molar-refractivity contribution in [2.24, 2.45) is 0 Å². The van der Waals surface area contributed by atoms with Crippen LogP contribution in [0.2, 0.25) is 0 Å². The zero-order valence-corrected chi connectivity index (χ0v) is 16.4. The molecule has 0 saturated heterocycles. The fourth-order valence-electron chi connectivity index (χ4n) is 4.77. The van der Waals surface area contributed by atoms with E-state index in [9.17, 15) is 10.2 Å². The van der Waals surface area contributed by atoms with E-state index in [1.165, 1.54) is 37.7 Å². The molecule has 0 atom stereocenters. The fourth-order valence-corrected chi connectivity index (χ4v) is 4.77. The molecule has 1 saturated carbocycles. The van der Waals surface area contributed by atoms with Crippen molar-refractivity contribution in [3.05, 3.63) is 95.1 Å². The molecule has 0 spiro atoms. The van der Waals surface area contributed by atoms with E-state index >= 15 is 0 Å². The molecule has 0 aromatic heterocycles. The third-order valence-corrected chi connectivity index (χ3v) is 6.45. The van der Waals surface area contributed by atoms with Gasteiger partial charge in [0, 0.05) is 16.5 Å². The minimum absolute atomic E-state index is 0.240. The highest BCUT2D eigenvalue weighted by Crippen LogP contribution is 2.46. The lowest BCUT2D eigenvalue weighted by atomic mass is 9.70. The summed E-state index contributed by atoms with van der Waals surface area (Å²) in [4.78, 5) is 0. The molecule has 1 aliphatic rings. The van der Waals surface area contributed by atoms with Crippen molar-refractivity contribution >= 4 is 0 Å². The van der Waals surface area contributed by atoms with Crippen LogP contribution >= 0.6 is 0 Å². The van der Waals surface area contributed by atoms with E-state index < -0.39 is 5.41 Å². The number of aromatic hydroxyl groups is 2. The molecule has 1 fully saturated rings. The third-order valence-electron chi connectivity index (χ3n) is 6.45. The van der Waals surface area contributed by atoms with Crippen molar-refractivity contribution in [2.75, 3.05) is 0 Å². The average Bonchev–Trinajstić information content (AvgIpc) is 2.75. The van der Waals surface area contributed by atoms with Gasteiger partial charge >= 0.3 is 0 Å². The third kappa shape index (κ3) is 3.28. The van der Waals surface area contributed by atoms with Crippen LogP contribution in [0.3, 0.4) is 0 Å². The summed E-state index contributed by atoms with van der Waals surface area (Å²) in [7, 11) is 0. The Morgan fingerprint density at radius 1 is 0.679 bits per heavy atom. The van der Waals surface area contributed by atoms with E-state index in [4.69, 9.17) is 0 Å². The summed E-state index contributed by atoms with van der Waals surface area (Å²) in [5.74, 6) is 1.14. The number of hydrogen-bond donors (Lipinski definition) is 2. The number of rotatable bonds is 4. The Labute approximate surface area is 167 Å². The molecule has 0 bridgehead atoms. The second kappa shape index (κ2) is 7.71. The van der Waals surface area contributed by atoms with Crippen LogP contribution in [0.15, 0.2) is 72.8 Å². The van der Waals surface area contributed by atoms with Crippen molar-refractivity contribution < 1.29 is 10.2 Å². The Kier molecular flexibility index (Phi) is 5.13. The van der Waals surface area contributed by atoms with Crippen LogP contribution in [0.5, 0.6) is 11.5 Å². The predicted molar refractivity (Wildman–Crippen MR) is 114 cm³/mol. The van der Waals surface area contributed by atoms with Crippen LogP contribution in [0.1, 0.15) is 67.2 Å². The first-order valence-corrected chi connectivity index (χ1v) is 10.3. The van der Waals surface area contributed by atoms with Gasteiger partial charge in [0.05, 0.1) is 0 Å². The molecular formula is C26H28O2. The lowest BCUT2D eigenvalue weighted by Gasteiger charge is -2.33. The molecule has 2 nitrogen and oxygen atoms in total. The van der Waals surface area contributed by atoms with Crippen LogP contribution in [-0.4, -0.2) is 10.2 Å². The summed E-state index contributed by atoms with van der Waals surface area (Å²) >= 11 is 0. The first-order valence-electron chi connectivity index (χ1n) is 10.3. The standard InChI is InChI=1S/C26H28O2/c1-26(22-11-5-7-13-24(22)27,23-12-6-8-14-25(23)28)21-17-15-20(16-18-21)19-9-3-2-4-10-19/h5-8,11-19,27-28H,2-4,9-10H2,1H3. The van der Waals surface area contributed by atoms with Crippen LogP contribution < -0.4 is 0 Å². The number of phenolic OH excluding ortho intramolecular Hbond substituents is 2. The van der Waals surface area contributed by atoms with Crippen LogP contribution in [0, 0.1) is 0 Å². The van der Waals surface area contributed by atoms with Gasteiger partial charge in [0.2, 0.25) is 0 Å². The zero-order valence-electron chi connectivity index (χ0n) is 16.4. The molecule has 28 heavy (non-hydrogen) atoms. The maximum Gasteiger partial charge on any atom is 0.120 e. The molecule has 0 radical (unpaired) electrons. The van der Waals surface area contributed by atoms with E-state index in [0.717, 1.165) is 16.7 Å². The molecule has 0 unspecified atom stereocenters. The second-order valence-electron chi connectivity index (χ2n) is 8.12. The summed E-state index contributed by atoms with van der Waals surface area (Å²) in [5, 5.41) is 21.3. The lowest BCUT2D eigenvalue weighted by Crippen LogP contribution is -2.25. The Morgan fingerprint density at radius 3 is 1.68 bits per heavy atom. The Hall–Kier alpha value is -2.74. The van der Waals surface area contributed by atoms with Gasteiger partial charge in [-0.05, 0) is 48.9 Å². The summed E-state index contributed by atoms with van der Waals surface area (Å²) in [6.45, 7) is 2.08. The maximum atomic E-state index is 10.6. The monoisotopic (exact) mass is 372 g/mol. The molecule has 3 aromatic carbocycles. The van der Waals surface area contributed by atoms with Gasteiger partial charge in [-0.1, -0.05) is 79.9 Å². The van der Waals surface area contributed by atoms with Gasteiger partial charge in [-0.3, -0.25) is 0 Å². The van der Waals surface area contributed by atoms with Crippen LogP contribution in [0.25, 0.3) is 0 Å². The quantitative estimate of drug-likeness (QED) is 0.513. The second-order valence-corrected chi connectivity index (χ2v) is 8.12. The van der Waals surface area contributed by atoms with Gasteiger partial charge in [-0.15, -0.1) is 0 Å². The summed E-state index contributed by atoms with van der Waals surface area (Å²) in [5.41, 5.74) is 3.40. The molecule has 0 aliphatic heterocycles. The van der Waals surface area contributed by atoms with Gasteiger partial charge in [-0.25, -0.2) is 0 Å². The van der Waals surface area contributed by atoms with Gasteiger partial charge in [0.1, 0.15) is 11.5 Å². The Balaban J connectivity index is 1.82. The smallest absolute Gasteiger partial charge is 0.120 e. The first-order chi connectivity index (χ1) is 13.6. The summed E-state index contributed by atoms with van der Waals surface area (Å²) < 4.78 is 0. The molecule has 0 heterocycles. The fraction of sp³-hybridized carbons (Fsp3) is 0.308. The van der Waals surface area contributed by atoms with Gasteiger partial charge in [0.25, 0.3) is 0 Å². The topological polar surface area (TPSA) is 40.5 Å². The van der Waals surface area contributed by atoms with E-state index in [2.05, 4.69) is 31.2 Å². The van der Waals surface area contributed by atoms with E-state index in [1.54, 1.807) is 12.1 Å². The molecule has 4 rings (SSSR count). The molecular weight excluding hydrogens is 344 g/mol. The van der Waals surface area contributed by atoms with Gasteiger partial charge < -0.3 is 10.2 Å². The van der Waals surface area contributed by atoms with Crippen LogP contribution in [-0.2, 0) is 5.41 Å². The number of phenols is 2. The highest BCUT2D eigenvalue weighted by atomic mass is 16.3. The highest BCUT2D eigenvalue weighted by Gasteiger charge is 2.35. The van der Waals surface area contributed by atoms with Crippen molar-refractivity contribution in [1.29, 1.82) is 0 Å². The first kappa shape index (κ1) is 18.6. The Bertz CT molecular complexity index is 891. The SMILES string of the molecule is CC(c1ccc(C2CCCCC2)cc1)(c1ccccc1O)c1ccccc1O. The van der Waals surface area contributed by atoms with Crippen molar-refractivity contribution in [2.45, 2.75) is 50.4 Å². The van der Waals surface area contributed by atoms with Gasteiger partial charge in [-0.2, -0.15) is 0 Å². The maximum absolute atomic E-state index is 10.6. The highest BCUT2D eigenvalue weighted by molar-refractivity contribution is 5.57. The number of para-hydroxylation sites is 2. The minimum atomic E-state index is -0.651. The zero-order chi connectivity index (χ0) is 19.6. The van der Waals surface area contributed by atoms with E-state index in [0.29, 0.717) is 5.92 Å². The normalized spacial score (nSPS) is 15.5. The molecule has 144 valence electrons. The number of benzene rings is 3. The van der Waals surface area contributed by atoms with Gasteiger partial charge in [0.15, 0.2) is 0 Å². The Morgan fingerprint density at radius 2 is 1.18 bits per heavy atom. The van der Waals surface area contributed by atoms with E-state index in [1.807, 2.05) is 36.4 Å². The lowest BCUT2D eigenvalue weighted by molar-refractivity contribution is 0.440.